The van der Waals surface area contributed by atoms with E-state index in [9.17, 15) is 0 Å². The molecule has 2 aromatic carbocycles. The van der Waals surface area contributed by atoms with Gasteiger partial charge in [0.15, 0.2) is 18.2 Å². The summed E-state index contributed by atoms with van der Waals surface area (Å²) in [4.78, 5) is 4.81. The van der Waals surface area contributed by atoms with Crippen LogP contribution in [0.1, 0.15) is 11.3 Å². The molecule has 0 aliphatic heterocycles. The third-order valence-electron chi connectivity index (χ3n) is 4.17. The first-order valence-corrected chi connectivity index (χ1v) is 8.34. The molecule has 0 aliphatic carbocycles. The first kappa shape index (κ1) is 15.3. The summed E-state index contributed by atoms with van der Waals surface area (Å²) in [6.07, 6.45) is 4.74. The number of hydrogen-bond donors (Lipinski definition) is 0. The summed E-state index contributed by atoms with van der Waals surface area (Å²) < 4.78 is 8.17. The highest BCUT2D eigenvalue weighted by atomic mass is 16.4. The largest absolute Gasteiger partial charge is 0.436 e. The molecule has 0 aliphatic rings. The van der Waals surface area contributed by atoms with Gasteiger partial charge in [-0.25, -0.2) is 9.55 Å². The van der Waals surface area contributed by atoms with Crippen LogP contribution in [0.3, 0.4) is 0 Å². The van der Waals surface area contributed by atoms with Gasteiger partial charge in [-0.05, 0) is 5.56 Å². The van der Waals surface area contributed by atoms with Gasteiger partial charge < -0.3 is 4.42 Å². The molecule has 2 aromatic heterocycles. The second kappa shape index (κ2) is 6.73. The molecule has 0 amide bonds. The molecule has 122 valence electrons. The lowest BCUT2D eigenvalue weighted by molar-refractivity contribution is -0.671. The van der Waals surface area contributed by atoms with Gasteiger partial charge in [-0.15, -0.1) is 0 Å². The molecular formula is C22H19N2O+. The average molecular weight is 327 g/mol. The molecule has 0 radical (unpaired) electrons. The lowest BCUT2D eigenvalue weighted by Crippen LogP contribution is -2.25. The van der Waals surface area contributed by atoms with E-state index in [1.54, 1.807) is 0 Å². The smallest absolute Gasteiger partial charge is 0.227 e. The molecule has 0 bridgehead atoms. The van der Waals surface area contributed by atoms with Gasteiger partial charge in [0.2, 0.25) is 5.89 Å². The van der Waals surface area contributed by atoms with Crippen LogP contribution in [0.2, 0.25) is 0 Å². The first-order chi connectivity index (χ1) is 12.3. The Morgan fingerprint density at radius 1 is 0.800 bits per heavy atom. The van der Waals surface area contributed by atoms with Gasteiger partial charge >= 0.3 is 0 Å². The Kier molecular flexibility index (Phi) is 4.13. The van der Waals surface area contributed by atoms with Crippen molar-refractivity contribution in [1.82, 2.24) is 4.98 Å². The SMILES string of the molecule is C[n+]1ccc(-c2nc(Cc3ccccc3)c(-c3ccccc3)o2)cc1. The summed E-state index contributed by atoms with van der Waals surface area (Å²) in [5.41, 5.74) is 4.21. The summed E-state index contributed by atoms with van der Waals surface area (Å²) in [5, 5.41) is 0. The molecule has 0 saturated heterocycles. The Labute approximate surface area is 147 Å². The van der Waals surface area contributed by atoms with Crippen molar-refractivity contribution in [3.05, 3.63) is 96.4 Å². The van der Waals surface area contributed by atoms with E-state index < -0.39 is 0 Å². The van der Waals surface area contributed by atoms with Crippen molar-refractivity contribution in [2.45, 2.75) is 6.42 Å². The van der Waals surface area contributed by atoms with Crippen LogP contribution in [-0.2, 0) is 13.5 Å². The molecule has 0 N–H and O–H groups in total. The second-order valence-electron chi connectivity index (χ2n) is 6.08. The average Bonchev–Trinajstić information content (AvgIpc) is 3.08. The van der Waals surface area contributed by atoms with Crippen LogP contribution < -0.4 is 4.57 Å². The maximum Gasteiger partial charge on any atom is 0.227 e. The molecule has 0 fully saturated rings. The molecule has 4 aromatic rings. The van der Waals surface area contributed by atoms with E-state index >= 15 is 0 Å². The minimum atomic E-state index is 0.658. The van der Waals surface area contributed by atoms with Crippen molar-refractivity contribution in [3.8, 4) is 22.8 Å². The highest BCUT2D eigenvalue weighted by Gasteiger charge is 2.17. The van der Waals surface area contributed by atoms with Gasteiger partial charge in [0, 0.05) is 29.7 Å². The predicted molar refractivity (Wildman–Crippen MR) is 97.8 cm³/mol. The standard InChI is InChI=1S/C22H19N2O/c1-24-14-12-19(13-15-24)22-23-20(16-17-8-4-2-5-9-17)21(25-22)18-10-6-3-7-11-18/h2-15H,16H2,1H3/q+1. The third kappa shape index (κ3) is 3.36. The van der Waals surface area contributed by atoms with Crippen molar-refractivity contribution in [2.24, 2.45) is 7.05 Å². The predicted octanol–water partition coefficient (Wildman–Crippen LogP) is 4.42. The maximum atomic E-state index is 6.18. The van der Waals surface area contributed by atoms with Crippen LogP contribution in [0, 0.1) is 0 Å². The topological polar surface area (TPSA) is 29.9 Å². The van der Waals surface area contributed by atoms with Crippen LogP contribution in [0.15, 0.2) is 89.6 Å². The third-order valence-corrected chi connectivity index (χ3v) is 4.17. The lowest BCUT2D eigenvalue weighted by atomic mass is 10.1. The fourth-order valence-corrected chi connectivity index (χ4v) is 2.84. The van der Waals surface area contributed by atoms with E-state index in [4.69, 9.17) is 9.40 Å². The number of aromatic nitrogens is 2. The number of nitrogens with zero attached hydrogens (tertiary/aromatic N) is 2. The van der Waals surface area contributed by atoms with Crippen LogP contribution in [0.5, 0.6) is 0 Å². The maximum absolute atomic E-state index is 6.18. The molecule has 2 heterocycles. The Balaban J connectivity index is 1.79. The molecule has 0 saturated carbocycles. The Hall–Kier alpha value is -3.20. The van der Waals surface area contributed by atoms with E-state index in [1.165, 1.54) is 5.56 Å². The second-order valence-corrected chi connectivity index (χ2v) is 6.08. The van der Waals surface area contributed by atoms with Gasteiger partial charge in [0.25, 0.3) is 0 Å². The fraction of sp³-hybridized carbons (Fsp3) is 0.0909. The first-order valence-electron chi connectivity index (χ1n) is 8.34. The monoisotopic (exact) mass is 327 g/mol. The van der Waals surface area contributed by atoms with Crippen molar-refractivity contribution in [1.29, 1.82) is 0 Å². The van der Waals surface area contributed by atoms with Crippen molar-refractivity contribution >= 4 is 0 Å². The molecule has 3 heteroatoms. The van der Waals surface area contributed by atoms with Crippen molar-refractivity contribution < 1.29 is 8.98 Å². The highest BCUT2D eigenvalue weighted by molar-refractivity contribution is 5.64. The minimum Gasteiger partial charge on any atom is -0.436 e. The number of aryl methyl sites for hydroxylation is 1. The van der Waals surface area contributed by atoms with E-state index in [-0.39, 0.29) is 0 Å². The highest BCUT2D eigenvalue weighted by Crippen LogP contribution is 2.30. The number of hydrogen-bond acceptors (Lipinski definition) is 2. The zero-order valence-electron chi connectivity index (χ0n) is 14.1. The summed E-state index contributed by atoms with van der Waals surface area (Å²) in [6.45, 7) is 0. The van der Waals surface area contributed by atoms with Crippen LogP contribution in [0.25, 0.3) is 22.8 Å². The fourth-order valence-electron chi connectivity index (χ4n) is 2.84. The van der Waals surface area contributed by atoms with E-state index in [0.717, 1.165) is 29.0 Å². The summed E-state index contributed by atoms with van der Waals surface area (Å²) >= 11 is 0. The van der Waals surface area contributed by atoms with E-state index in [2.05, 4.69) is 36.4 Å². The van der Waals surface area contributed by atoms with E-state index in [0.29, 0.717) is 5.89 Å². The number of oxazole rings is 1. The van der Waals surface area contributed by atoms with Crippen LogP contribution >= 0.6 is 0 Å². The number of rotatable bonds is 4. The minimum absolute atomic E-state index is 0.658. The molecular weight excluding hydrogens is 308 g/mol. The summed E-state index contributed by atoms with van der Waals surface area (Å²) in [7, 11) is 2.00. The summed E-state index contributed by atoms with van der Waals surface area (Å²) in [5.74, 6) is 1.50. The van der Waals surface area contributed by atoms with Crippen molar-refractivity contribution in [3.63, 3.8) is 0 Å². The lowest BCUT2D eigenvalue weighted by Gasteiger charge is -2.01. The molecule has 25 heavy (non-hydrogen) atoms. The molecule has 0 spiro atoms. The zero-order chi connectivity index (χ0) is 17.1. The van der Waals surface area contributed by atoms with Gasteiger partial charge in [-0.1, -0.05) is 60.7 Å². The van der Waals surface area contributed by atoms with E-state index in [1.807, 2.05) is 60.4 Å². The van der Waals surface area contributed by atoms with Gasteiger partial charge in [0.05, 0.1) is 5.69 Å². The van der Waals surface area contributed by atoms with Gasteiger partial charge in [-0.3, -0.25) is 0 Å². The zero-order valence-corrected chi connectivity index (χ0v) is 14.1. The number of pyridine rings is 1. The summed E-state index contributed by atoms with van der Waals surface area (Å²) in [6, 6.07) is 24.6. The van der Waals surface area contributed by atoms with Gasteiger partial charge in [-0.2, -0.15) is 0 Å². The molecule has 0 unspecified atom stereocenters. The molecule has 4 rings (SSSR count). The molecule has 0 atom stereocenters. The Morgan fingerprint density at radius 3 is 2.12 bits per heavy atom. The normalized spacial score (nSPS) is 10.8. The van der Waals surface area contributed by atoms with Crippen LogP contribution in [-0.4, -0.2) is 4.98 Å². The Bertz CT molecular complexity index is 958. The Morgan fingerprint density at radius 2 is 1.44 bits per heavy atom. The number of benzene rings is 2. The quantitative estimate of drug-likeness (QED) is 0.519. The molecule has 3 nitrogen and oxygen atoms in total. The van der Waals surface area contributed by atoms with Crippen molar-refractivity contribution in [2.75, 3.05) is 0 Å². The van der Waals surface area contributed by atoms with Gasteiger partial charge in [0.1, 0.15) is 7.05 Å². The van der Waals surface area contributed by atoms with Crippen LogP contribution in [0.4, 0.5) is 0 Å².